The smallest absolute Gasteiger partial charge is 0.240 e. The van der Waals surface area contributed by atoms with E-state index in [0.717, 1.165) is 0 Å². The van der Waals surface area contributed by atoms with Crippen LogP contribution in [0.4, 0.5) is 11.4 Å². The van der Waals surface area contributed by atoms with Crippen molar-refractivity contribution in [2.75, 3.05) is 37.9 Å². The number of anilines is 2. The minimum Gasteiger partial charge on any atom is -0.399 e. The topological polar surface area (TPSA) is 137 Å². The van der Waals surface area contributed by atoms with Crippen LogP contribution in [0.2, 0.25) is 0 Å². The van der Waals surface area contributed by atoms with Crippen molar-refractivity contribution in [3.05, 3.63) is 18.2 Å². The van der Waals surface area contributed by atoms with Gasteiger partial charge in [-0.25, -0.2) is 13.6 Å². The summed E-state index contributed by atoms with van der Waals surface area (Å²) in [7, 11) is -2.39. The number of nitrogens with two attached hydrogens (primary N) is 2. The van der Waals surface area contributed by atoms with Gasteiger partial charge in [-0.15, -0.1) is 0 Å². The molecule has 9 heteroatoms. The van der Waals surface area contributed by atoms with E-state index >= 15 is 0 Å². The number of primary sulfonamides is 1. The molecule has 0 aliphatic rings. The number of ether oxygens (including phenoxy) is 1. The molecule has 1 rings (SSSR count). The van der Waals surface area contributed by atoms with Gasteiger partial charge in [0.05, 0.1) is 18.8 Å². The first-order valence-corrected chi connectivity index (χ1v) is 7.31. The number of nitrogens with one attached hydrogen (secondary N) is 2. The van der Waals surface area contributed by atoms with Gasteiger partial charge in [0.25, 0.3) is 0 Å². The normalized spacial score (nSPS) is 11.1. The van der Waals surface area contributed by atoms with Crippen molar-refractivity contribution in [1.29, 1.82) is 0 Å². The van der Waals surface area contributed by atoms with Gasteiger partial charge < -0.3 is 21.1 Å². The van der Waals surface area contributed by atoms with Gasteiger partial charge in [-0.3, -0.25) is 4.79 Å². The summed E-state index contributed by atoms with van der Waals surface area (Å²) in [5.41, 5.74) is 6.01. The molecule has 0 spiro atoms. The molecule has 0 saturated carbocycles. The van der Waals surface area contributed by atoms with E-state index in [1.54, 1.807) is 0 Å². The Kier molecular flexibility index (Phi) is 5.74. The van der Waals surface area contributed by atoms with E-state index in [1.807, 2.05) is 0 Å². The highest BCUT2D eigenvalue weighted by molar-refractivity contribution is 7.89. The van der Waals surface area contributed by atoms with Gasteiger partial charge in [0.1, 0.15) is 4.90 Å². The number of sulfonamides is 1. The summed E-state index contributed by atoms with van der Waals surface area (Å²) in [6.45, 7) is 0.687. The SMILES string of the molecule is COCCNC(=O)CNc1ccc(N)cc1S(N)(=O)=O. The number of amides is 1. The first kappa shape index (κ1) is 16.2. The Bertz CT molecular complexity index is 574. The van der Waals surface area contributed by atoms with Crippen LogP contribution < -0.4 is 21.5 Å². The molecule has 1 amide bonds. The maximum atomic E-state index is 11.5. The van der Waals surface area contributed by atoms with Gasteiger partial charge in [-0.1, -0.05) is 0 Å². The van der Waals surface area contributed by atoms with E-state index in [0.29, 0.717) is 13.2 Å². The van der Waals surface area contributed by atoms with Crippen molar-refractivity contribution >= 4 is 27.3 Å². The van der Waals surface area contributed by atoms with Crippen molar-refractivity contribution in [1.82, 2.24) is 5.32 Å². The lowest BCUT2D eigenvalue weighted by molar-refractivity contribution is -0.119. The van der Waals surface area contributed by atoms with Crippen LogP contribution >= 0.6 is 0 Å². The van der Waals surface area contributed by atoms with Crippen molar-refractivity contribution in [2.24, 2.45) is 5.14 Å². The van der Waals surface area contributed by atoms with E-state index < -0.39 is 10.0 Å². The van der Waals surface area contributed by atoms with Crippen molar-refractivity contribution < 1.29 is 17.9 Å². The average molecular weight is 302 g/mol. The van der Waals surface area contributed by atoms with Crippen LogP contribution in [0.15, 0.2) is 23.1 Å². The zero-order chi connectivity index (χ0) is 15.2. The quantitative estimate of drug-likeness (QED) is 0.380. The molecule has 1 aromatic rings. The highest BCUT2D eigenvalue weighted by Gasteiger charge is 2.14. The third-order valence-electron chi connectivity index (χ3n) is 2.38. The predicted molar refractivity (Wildman–Crippen MR) is 75.6 cm³/mol. The van der Waals surface area contributed by atoms with E-state index in [-0.39, 0.29) is 28.7 Å². The molecule has 0 aromatic heterocycles. The van der Waals surface area contributed by atoms with Gasteiger partial charge in [0.2, 0.25) is 15.9 Å². The van der Waals surface area contributed by atoms with Crippen LogP contribution in [0.25, 0.3) is 0 Å². The molecule has 0 saturated heterocycles. The number of methoxy groups -OCH3 is 1. The Hall–Kier alpha value is -1.84. The second-order valence-corrected chi connectivity index (χ2v) is 5.53. The highest BCUT2D eigenvalue weighted by Crippen LogP contribution is 2.22. The Morgan fingerprint density at radius 2 is 2.10 bits per heavy atom. The molecule has 0 fully saturated rings. The number of benzene rings is 1. The zero-order valence-corrected chi connectivity index (χ0v) is 11.9. The summed E-state index contributed by atoms with van der Waals surface area (Å²) in [6.07, 6.45) is 0. The van der Waals surface area contributed by atoms with Crippen LogP contribution in [0.3, 0.4) is 0 Å². The summed E-state index contributed by atoms with van der Waals surface area (Å²) in [4.78, 5) is 11.3. The molecule has 0 aliphatic heterocycles. The van der Waals surface area contributed by atoms with Gasteiger partial charge in [0.15, 0.2) is 0 Å². The lowest BCUT2D eigenvalue weighted by Crippen LogP contribution is -2.32. The monoisotopic (exact) mass is 302 g/mol. The van der Waals surface area contributed by atoms with Gasteiger partial charge >= 0.3 is 0 Å². The summed E-state index contributed by atoms with van der Waals surface area (Å²) in [5.74, 6) is -0.292. The zero-order valence-electron chi connectivity index (χ0n) is 11.0. The van der Waals surface area contributed by atoms with Gasteiger partial charge in [0, 0.05) is 19.3 Å². The van der Waals surface area contributed by atoms with Gasteiger partial charge in [-0.2, -0.15) is 0 Å². The summed E-state index contributed by atoms with van der Waals surface area (Å²) < 4.78 is 27.6. The molecule has 112 valence electrons. The fourth-order valence-electron chi connectivity index (χ4n) is 1.45. The third kappa shape index (κ3) is 5.03. The second-order valence-electron chi connectivity index (χ2n) is 4.00. The molecule has 0 aliphatic carbocycles. The van der Waals surface area contributed by atoms with Crippen molar-refractivity contribution in [3.63, 3.8) is 0 Å². The fourth-order valence-corrected chi connectivity index (χ4v) is 2.20. The summed E-state index contributed by atoms with van der Waals surface area (Å²) in [6, 6.07) is 4.21. The number of carbonyl (C=O) groups is 1. The first-order chi connectivity index (χ1) is 9.34. The lowest BCUT2D eigenvalue weighted by Gasteiger charge is -2.11. The molecule has 0 bridgehead atoms. The Morgan fingerprint density at radius 1 is 1.40 bits per heavy atom. The summed E-state index contributed by atoms with van der Waals surface area (Å²) in [5, 5.41) is 10.4. The van der Waals surface area contributed by atoms with E-state index in [4.69, 9.17) is 15.6 Å². The largest absolute Gasteiger partial charge is 0.399 e. The van der Waals surface area contributed by atoms with E-state index in [9.17, 15) is 13.2 Å². The van der Waals surface area contributed by atoms with Gasteiger partial charge in [-0.05, 0) is 18.2 Å². The van der Waals surface area contributed by atoms with Crippen LogP contribution in [0, 0.1) is 0 Å². The lowest BCUT2D eigenvalue weighted by atomic mass is 10.3. The summed E-state index contributed by atoms with van der Waals surface area (Å²) >= 11 is 0. The van der Waals surface area contributed by atoms with Crippen LogP contribution in [-0.2, 0) is 19.6 Å². The van der Waals surface area contributed by atoms with Crippen molar-refractivity contribution in [2.45, 2.75) is 4.90 Å². The van der Waals surface area contributed by atoms with Crippen LogP contribution in [-0.4, -0.2) is 41.1 Å². The molecule has 8 nitrogen and oxygen atoms in total. The molecule has 6 N–H and O–H groups in total. The predicted octanol–water partition coefficient (Wildman–Crippen LogP) is -0.909. The van der Waals surface area contributed by atoms with Crippen LogP contribution in [0.1, 0.15) is 0 Å². The molecular weight excluding hydrogens is 284 g/mol. The third-order valence-corrected chi connectivity index (χ3v) is 3.33. The maximum absolute atomic E-state index is 11.5. The average Bonchev–Trinajstić information content (AvgIpc) is 2.36. The molecule has 0 unspecified atom stereocenters. The van der Waals surface area contributed by atoms with Crippen molar-refractivity contribution in [3.8, 4) is 0 Å². The second kappa shape index (κ2) is 7.08. The molecule has 0 heterocycles. The van der Waals surface area contributed by atoms with Crippen LogP contribution in [0.5, 0.6) is 0 Å². The van der Waals surface area contributed by atoms with E-state index in [2.05, 4.69) is 10.6 Å². The first-order valence-electron chi connectivity index (χ1n) is 5.76. The number of carbonyl (C=O) groups excluding carboxylic acids is 1. The number of nitrogen functional groups attached to an aromatic ring is 1. The standard InChI is InChI=1S/C11H18N4O4S/c1-19-5-4-14-11(16)7-15-9-3-2-8(12)6-10(9)20(13,17)18/h2-3,6,15H,4-5,7,12H2,1H3,(H,14,16)(H2,13,17,18). The minimum absolute atomic E-state index is 0.0872. The number of rotatable bonds is 7. The maximum Gasteiger partial charge on any atom is 0.240 e. The highest BCUT2D eigenvalue weighted by atomic mass is 32.2. The Morgan fingerprint density at radius 3 is 2.70 bits per heavy atom. The molecule has 20 heavy (non-hydrogen) atoms. The Balaban J connectivity index is 2.71. The minimum atomic E-state index is -3.92. The molecular formula is C11H18N4O4S. The molecule has 0 radical (unpaired) electrons. The van der Waals surface area contributed by atoms with E-state index in [1.165, 1.54) is 25.3 Å². The molecule has 1 aromatic carbocycles. The number of hydrogen-bond acceptors (Lipinski definition) is 6. The Labute approximate surface area is 117 Å². The molecule has 0 atom stereocenters. The number of hydrogen-bond donors (Lipinski definition) is 4. The fraction of sp³-hybridized carbons (Fsp3) is 0.364.